The number of aromatic amines is 3. The van der Waals surface area contributed by atoms with E-state index in [1.807, 2.05) is 0 Å². The molecule has 0 saturated carbocycles. The third-order valence-corrected chi connectivity index (χ3v) is 10.6. The van der Waals surface area contributed by atoms with Crippen molar-refractivity contribution in [3.63, 3.8) is 0 Å². The maximum Gasteiger partial charge on any atom is 0.200 e. The summed E-state index contributed by atoms with van der Waals surface area (Å²) in [5, 5.41) is -1.33. The Balaban J connectivity index is 1.51. The first-order valence-electron chi connectivity index (χ1n) is 18.0. The molecule has 8 bridgehead atoms. The van der Waals surface area contributed by atoms with E-state index in [0.29, 0.717) is 4.86 Å². The van der Waals surface area contributed by atoms with Crippen molar-refractivity contribution in [3.05, 3.63) is 222 Å². The van der Waals surface area contributed by atoms with Gasteiger partial charge < -0.3 is 15.0 Å². The largest absolute Gasteiger partial charge is 0.354 e. The summed E-state index contributed by atoms with van der Waals surface area (Å²) in [6.45, 7) is 0. The smallest absolute Gasteiger partial charge is 0.200 e. The highest BCUT2D eigenvalue weighted by molar-refractivity contribution is 7.81. The van der Waals surface area contributed by atoms with Crippen LogP contribution in [0.5, 0.6) is 0 Å². The molecule has 5 heterocycles. The SMILES string of the molecule is Fc1c(F)c(F)c(/C2=C3\C=CC(=N3)/C(c3c(F)c(F)c(F)c(F)c3F)=c3/cc/c([nH]3)=C(\c3c(F)c(F)c(F)c(F)c3F)c3ccc([nH]3)C(=C3C=CC(=S)C=C3)c3ccc2[nH]3)c(F)c1F. The Labute approximate surface area is 351 Å². The Bertz CT molecular complexity index is 3360. The number of halogens is 15. The molecular formula is C44H15F15N4S. The molecule has 2 aliphatic heterocycles. The third kappa shape index (κ3) is 6.25. The van der Waals surface area contributed by atoms with Gasteiger partial charge in [-0.3, -0.25) is 0 Å². The molecule has 3 aromatic heterocycles. The molecular weight excluding hydrogens is 902 g/mol. The van der Waals surface area contributed by atoms with Crippen LogP contribution in [0.3, 0.4) is 0 Å². The van der Waals surface area contributed by atoms with Crippen LogP contribution in [0.25, 0.3) is 22.3 Å². The lowest BCUT2D eigenvalue weighted by Gasteiger charge is -2.15. The van der Waals surface area contributed by atoms with Crippen LogP contribution in [-0.2, 0) is 0 Å². The molecule has 20 heteroatoms. The van der Waals surface area contributed by atoms with Gasteiger partial charge in [-0.1, -0.05) is 24.4 Å². The van der Waals surface area contributed by atoms with E-state index in [0.717, 1.165) is 36.4 Å². The summed E-state index contributed by atoms with van der Waals surface area (Å²) in [6.07, 6.45) is 7.55. The number of hydrogen-bond acceptors (Lipinski definition) is 2. The van der Waals surface area contributed by atoms with E-state index in [1.54, 1.807) is 0 Å². The lowest BCUT2D eigenvalue weighted by Crippen LogP contribution is -2.23. The molecule has 0 unspecified atom stereocenters. The Hall–Kier alpha value is -7.35. The molecule has 1 aliphatic carbocycles. The zero-order valence-corrected chi connectivity index (χ0v) is 31.8. The average Bonchev–Trinajstić information content (AvgIpc) is 4.14. The van der Waals surface area contributed by atoms with E-state index in [4.69, 9.17) is 12.2 Å². The number of fused-ring (bicyclic) bond motifs is 7. The van der Waals surface area contributed by atoms with Crippen LogP contribution in [0.1, 0.15) is 39.5 Å². The molecule has 6 aromatic rings. The fourth-order valence-electron chi connectivity index (χ4n) is 7.47. The summed E-state index contributed by atoms with van der Waals surface area (Å²) in [5.41, 5.74) is -9.73. The van der Waals surface area contributed by atoms with Crippen LogP contribution in [0, 0.1) is 87.3 Å². The molecule has 0 saturated heterocycles. The maximum atomic E-state index is 15.8. The van der Waals surface area contributed by atoms with Gasteiger partial charge in [0.25, 0.3) is 0 Å². The standard InChI is InChI=1S/C44H15F15N4S/c45-30-27(31(46)37(52)42(57)36(30)51)24-17-7-5-15(60-17)23(13-1-3-14(64)4-2-13)16-6-8-18(61-16)25(28-32(47)38(53)43(58)39(54)33(28)48)20-10-12-22(63-20)26(21-11-9-19(24)62-21)29-34(49)40(55)44(59)41(56)35(29)50/h1-12,60-62H/b24-19+,25-20+,26-21+. The number of aromatic nitrogens is 3. The first-order valence-corrected chi connectivity index (χ1v) is 18.4. The molecule has 322 valence electrons. The third-order valence-electron chi connectivity index (χ3n) is 10.3. The minimum atomic E-state index is -2.61. The van der Waals surface area contributed by atoms with E-state index >= 15 is 26.3 Å². The van der Waals surface area contributed by atoms with Gasteiger partial charge in [0.15, 0.2) is 69.8 Å². The summed E-state index contributed by atoms with van der Waals surface area (Å²) in [6, 6.07) is 6.43. The van der Waals surface area contributed by atoms with Gasteiger partial charge in [0.2, 0.25) is 17.5 Å². The van der Waals surface area contributed by atoms with Crippen molar-refractivity contribution in [2.45, 2.75) is 0 Å². The second-order valence-corrected chi connectivity index (χ2v) is 14.4. The fourth-order valence-corrected chi connectivity index (χ4v) is 7.60. The molecule has 3 N–H and O–H groups in total. The first kappa shape index (κ1) is 42.0. The van der Waals surface area contributed by atoms with E-state index in [1.165, 1.54) is 36.4 Å². The van der Waals surface area contributed by atoms with Crippen LogP contribution in [0.4, 0.5) is 65.9 Å². The topological polar surface area (TPSA) is 59.7 Å². The predicted molar refractivity (Wildman–Crippen MR) is 204 cm³/mol. The van der Waals surface area contributed by atoms with E-state index in [-0.39, 0.29) is 22.5 Å². The molecule has 0 atom stereocenters. The fraction of sp³-hybridized carbons (Fsp3) is 0. The van der Waals surface area contributed by atoms with Gasteiger partial charge in [0.1, 0.15) is 0 Å². The number of aliphatic imine (C=N–C) groups is 1. The molecule has 0 radical (unpaired) electrons. The molecule has 3 aliphatic rings. The second-order valence-electron chi connectivity index (χ2n) is 13.9. The van der Waals surface area contributed by atoms with Crippen LogP contribution in [0.2, 0.25) is 0 Å². The maximum absolute atomic E-state index is 15.8. The Morgan fingerprint density at radius 2 is 0.672 bits per heavy atom. The van der Waals surface area contributed by atoms with Crippen molar-refractivity contribution in [2.75, 3.05) is 0 Å². The van der Waals surface area contributed by atoms with Crippen molar-refractivity contribution in [3.8, 4) is 0 Å². The van der Waals surface area contributed by atoms with Crippen molar-refractivity contribution >= 4 is 45.1 Å². The molecule has 9 rings (SSSR count). The number of thiocarbonyl (C=S) groups is 1. The monoisotopic (exact) mass is 916 g/mol. The summed E-state index contributed by atoms with van der Waals surface area (Å²) in [7, 11) is 0. The van der Waals surface area contributed by atoms with Gasteiger partial charge in [0, 0.05) is 60.6 Å². The van der Waals surface area contributed by atoms with Gasteiger partial charge in [0.05, 0.1) is 28.1 Å². The Morgan fingerprint density at radius 3 is 1.11 bits per heavy atom. The molecule has 0 amide bonds. The van der Waals surface area contributed by atoms with Gasteiger partial charge in [-0.15, -0.1) is 0 Å². The van der Waals surface area contributed by atoms with E-state index in [9.17, 15) is 39.5 Å². The lowest BCUT2D eigenvalue weighted by atomic mass is 9.98. The summed E-state index contributed by atoms with van der Waals surface area (Å²) < 4.78 is 227. The minimum absolute atomic E-state index is 0.0269. The van der Waals surface area contributed by atoms with Crippen molar-refractivity contribution in [1.29, 1.82) is 0 Å². The van der Waals surface area contributed by atoms with Crippen LogP contribution < -0.4 is 10.7 Å². The Morgan fingerprint density at radius 1 is 0.328 bits per heavy atom. The summed E-state index contributed by atoms with van der Waals surface area (Å²) in [4.78, 5) is 12.6. The zero-order valence-electron chi connectivity index (χ0n) is 31.0. The summed E-state index contributed by atoms with van der Waals surface area (Å²) >= 11 is 5.21. The van der Waals surface area contributed by atoms with Crippen molar-refractivity contribution in [1.82, 2.24) is 15.0 Å². The predicted octanol–water partition coefficient (Wildman–Crippen LogP) is 10.3. The summed E-state index contributed by atoms with van der Waals surface area (Å²) in [5.74, 6) is -36.6. The average molecular weight is 917 g/mol. The second kappa shape index (κ2) is 15.2. The molecule has 3 aromatic carbocycles. The number of hydrogen-bond donors (Lipinski definition) is 3. The number of rotatable bonds is 3. The van der Waals surface area contributed by atoms with Gasteiger partial charge in [-0.05, 0) is 66.3 Å². The number of nitrogens with zero attached hydrogens (tertiary/aromatic N) is 1. The highest BCUT2D eigenvalue weighted by atomic mass is 32.1. The van der Waals surface area contributed by atoms with E-state index < -0.39 is 154 Å². The number of allylic oxidation sites excluding steroid dienone is 7. The molecule has 64 heavy (non-hydrogen) atoms. The highest BCUT2D eigenvalue weighted by Gasteiger charge is 2.35. The van der Waals surface area contributed by atoms with Crippen molar-refractivity contribution < 1.29 is 65.9 Å². The van der Waals surface area contributed by atoms with Crippen LogP contribution in [0.15, 0.2) is 89.1 Å². The zero-order chi connectivity index (χ0) is 45.8. The quantitative estimate of drug-likeness (QED) is 0.0705. The van der Waals surface area contributed by atoms with Gasteiger partial charge in [-0.2, -0.15) is 0 Å². The minimum Gasteiger partial charge on any atom is -0.354 e. The van der Waals surface area contributed by atoms with E-state index in [2.05, 4.69) is 19.9 Å². The Kier molecular flexibility index (Phi) is 9.95. The highest BCUT2D eigenvalue weighted by Crippen LogP contribution is 2.40. The lowest BCUT2D eigenvalue weighted by molar-refractivity contribution is 0.376. The first-order chi connectivity index (χ1) is 30.4. The van der Waals surface area contributed by atoms with Crippen LogP contribution in [-0.4, -0.2) is 25.5 Å². The van der Waals surface area contributed by atoms with Gasteiger partial charge in [-0.25, -0.2) is 70.8 Å². The number of benzene rings is 3. The number of nitrogens with one attached hydrogen (secondary N) is 3. The van der Waals surface area contributed by atoms with Gasteiger partial charge >= 0.3 is 0 Å². The normalized spacial score (nSPS) is 17.7. The van der Waals surface area contributed by atoms with Crippen LogP contribution >= 0.6 is 12.2 Å². The molecule has 0 fully saturated rings. The number of H-pyrrole nitrogens is 3. The molecule has 4 nitrogen and oxygen atoms in total. The molecule has 0 spiro atoms. The van der Waals surface area contributed by atoms with Crippen molar-refractivity contribution in [2.24, 2.45) is 4.99 Å².